The number of hydrogen-bond donors (Lipinski definition) is 0. The van der Waals surface area contributed by atoms with Crippen molar-refractivity contribution in [3.63, 3.8) is 0 Å². The summed E-state index contributed by atoms with van der Waals surface area (Å²) in [6.07, 6.45) is 0.876. The number of esters is 1. The van der Waals surface area contributed by atoms with Gasteiger partial charge in [0.1, 0.15) is 0 Å². The van der Waals surface area contributed by atoms with E-state index in [4.69, 9.17) is 14.2 Å². The molecule has 6 nitrogen and oxygen atoms in total. The summed E-state index contributed by atoms with van der Waals surface area (Å²) < 4.78 is 15.7. The van der Waals surface area contributed by atoms with Crippen LogP contribution in [0.3, 0.4) is 0 Å². The molecule has 4 rings (SSSR count). The Morgan fingerprint density at radius 3 is 2.89 bits per heavy atom. The Morgan fingerprint density at radius 2 is 2.00 bits per heavy atom. The van der Waals surface area contributed by atoms with Crippen LogP contribution in [0, 0.1) is 0 Å². The van der Waals surface area contributed by atoms with Gasteiger partial charge in [0.25, 0.3) is 5.91 Å². The van der Waals surface area contributed by atoms with Gasteiger partial charge < -0.3 is 19.1 Å². The maximum absolute atomic E-state index is 12.7. The molecule has 2 heterocycles. The van der Waals surface area contributed by atoms with Crippen molar-refractivity contribution >= 4 is 29.3 Å². The number of hydrogen-bond acceptors (Lipinski definition) is 6. The highest BCUT2D eigenvalue weighted by Gasteiger charge is 2.25. The van der Waals surface area contributed by atoms with Crippen LogP contribution in [0.1, 0.15) is 23.7 Å². The van der Waals surface area contributed by atoms with Crippen molar-refractivity contribution in [1.29, 1.82) is 0 Å². The monoisotopic (exact) mass is 385 g/mol. The maximum atomic E-state index is 12.7. The lowest BCUT2D eigenvalue weighted by molar-refractivity contribution is -0.121. The van der Waals surface area contributed by atoms with Crippen LogP contribution in [0.15, 0.2) is 47.4 Å². The smallest absolute Gasteiger partial charge is 0.338 e. The van der Waals surface area contributed by atoms with E-state index in [1.807, 2.05) is 24.3 Å². The van der Waals surface area contributed by atoms with Crippen molar-refractivity contribution in [2.75, 3.05) is 24.8 Å². The van der Waals surface area contributed by atoms with Crippen molar-refractivity contribution in [2.45, 2.75) is 23.5 Å². The standard InChI is InChI=1S/C20H19NO5S/c1-13-8-9-21(15-4-2-3-5-18(15)27-13)19(22)11-24-20(23)14-6-7-16-17(10-14)26-12-25-16/h2-7,10,13H,8-9,11-12H2,1H3. The Labute approximate surface area is 161 Å². The lowest BCUT2D eigenvalue weighted by atomic mass is 10.2. The summed E-state index contributed by atoms with van der Waals surface area (Å²) in [5, 5.41) is 0.417. The number of nitrogens with zero attached hydrogens (tertiary/aromatic N) is 1. The van der Waals surface area contributed by atoms with Crippen molar-refractivity contribution in [3.8, 4) is 11.5 Å². The van der Waals surface area contributed by atoms with Gasteiger partial charge in [0.05, 0.1) is 11.3 Å². The van der Waals surface area contributed by atoms with Gasteiger partial charge in [-0.1, -0.05) is 19.1 Å². The van der Waals surface area contributed by atoms with Crippen molar-refractivity contribution in [2.24, 2.45) is 0 Å². The highest BCUT2D eigenvalue weighted by Crippen LogP contribution is 2.37. The molecule has 140 valence electrons. The van der Waals surface area contributed by atoms with E-state index in [0.717, 1.165) is 17.0 Å². The molecule has 0 saturated carbocycles. The van der Waals surface area contributed by atoms with E-state index in [-0.39, 0.29) is 19.3 Å². The Hall–Kier alpha value is -2.67. The number of carbonyl (C=O) groups excluding carboxylic acids is 2. The van der Waals surface area contributed by atoms with Gasteiger partial charge >= 0.3 is 5.97 Å². The van der Waals surface area contributed by atoms with Crippen molar-refractivity contribution in [1.82, 2.24) is 0 Å². The second kappa shape index (κ2) is 7.52. The normalized spacial score (nSPS) is 17.8. The number of carbonyl (C=O) groups is 2. The second-order valence-electron chi connectivity index (χ2n) is 6.37. The van der Waals surface area contributed by atoms with E-state index in [9.17, 15) is 9.59 Å². The summed E-state index contributed by atoms with van der Waals surface area (Å²) >= 11 is 1.76. The van der Waals surface area contributed by atoms with Gasteiger partial charge in [0, 0.05) is 16.7 Å². The highest BCUT2D eigenvalue weighted by atomic mass is 32.2. The first kappa shape index (κ1) is 17.7. The zero-order valence-corrected chi connectivity index (χ0v) is 15.7. The number of ether oxygens (including phenoxy) is 3. The van der Waals surface area contributed by atoms with Gasteiger partial charge in [-0.25, -0.2) is 4.79 Å². The second-order valence-corrected chi connectivity index (χ2v) is 7.85. The van der Waals surface area contributed by atoms with E-state index >= 15 is 0 Å². The molecule has 0 bridgehead atoms. The number of rotatable bonds is 3. The molecule has 0 spiro atoms. The summed E-state index contributed by atoms with van der Waals surface area (Å²) in [6.45, 7) is 2.58. The van der Waals surface area contributed by atoms with E-state index in [1.54, 1.807) is 34.9 Å². The van der Waals surface area contributed by atoms with Crippen LogP contribution >= 0.6 is 11.8 Å². The molecule has 1 unspecified atom stereocenters. The van der Waals surface area contributed by atoms with E-state index in [0.29, 0.717) is 28.9 Å². The molecule has 1 amide bonds. The Bertz CT molecular complexity index is 884. The molecule has 2 aliphatic rings. The van der Waals surface area contributed by atoms with Crippen molar-refractivity contribution < 1.29 is 23.8 Å². The van der Waals surface area contributed by atoms with E-state index in [1.165, 1.54) is 0 Å². The third kappa shape index (κ3) is 3.73. The van der Waals surface area contributed by atoms with Crippen LogP contribution in [0.25, 0.3) is 0 Å². The van der Waals surface area contributed by atoms with Gasteiger partial charge in [-0.15, -0.1) is 11.8 Å². The first-order chi connectivity index (χ1) is 13.1. The topological polar surface area (TPSA) is 65.1 Å². The minimum Gasteiger partial charge on any atom is -0.454 e. The number of fused-ring (bicyclic) bond motifs is 2. The lowest BCUT2D eigenvalue weighted by Crippen LogP contribution is -2.35. The van der Waals surface area contributed by atoms with Gasteiger partial charge in [-0.2, -0.15) is 0 Å². The molecule has 0 saturated heterocycles. The fourth-order valence-corrected chi connectivity index (χ4v) is 4.17. The first-order valence-corrected chi connectivity index (χ1v) is 9.62. The van der Waals surface area contributed by atoms with Crippen LogP contribution in [0.5, 0.6) is 11.5 Å². The van der Waals surface area contributed by atoms with E-state index < -0.39 is 5.97 Å². The minimum atomic E-state index is -0.562. The van der Waals surface area contributed by atoms with Crippen LogP contribution in [-0.4, -0.2) is 37.1 Å². The van der Waals surface area contributed by atoms with Crippen LogP contribution in [0.2, 0.25) is 0 Å². The predicted octanol–water partition coefficient (Wildman–Crippen LogP) is 3.49. The molecule has 0 N–H and O–H groups in total. The lowest BCUT2D eigenvalue weighted by Gasteiger charge is -2.22. The quantitative estimate of drug-likeness (QED) is 0.754. The number of benzene rings is 2. The molecular formula is C20H19NO5S. The molecular weight excluding hydrogens is 366 g/mol. The van der Waals surface area contributed by atoms with Gasteiger partial charge in [0.15, 0.2) is 18.1 Å². The molecule has 7 heteroatoms. The predicted molar refractivity (Wildman–Crippen MR) is 102 cm³/mol. The average molecular weight is 385 g/mol. The highest BCUT2D eigenvalue weighted by molar-refractivity contribution is 8.00. The molecule has 0 fully saturated rings. The minimum absolute atomic E-state index is 0.136. The summed E-state index contributed by atoms with van der Waals surface area (Å²) in [7, 11) is 0. The Balaban J connectivity index is 1.44. The third-order valence-corrected chi connectivity index (χ3v) is 5.72. The first-order valence-electron chi connectivity index (χ1n) is 8.74. The average Bonchev–Trinajstić information content (AvgIpc) is 3.08. The van der Waals surface area contributed by atoms with Crippen LogP contribution in [-0.2, 0) is 9.53 Å². The molecule has 27 heavy (non-hydrogen) atoms. The molecule has 2 aliphatic heterocycles. The van der Waals surface area contributed by atoms with Crippen molar-refractivity contribution in [3.05, 3.63) is 48.0 Å². The summed E-state index contributed by atoms with van der Waals surface area (Å²) in [5.41, 5.74) is 1.20. The van der Waals surface area contributed by atoms with Gasteiger partial charge in [-0.3, -0.25) is 4.79 Å². The van der Waals surface area contributed by atoms with E-state index in [2.05, 4.69) is 6.92 Å². The zero-order chi connectivity index (χ0) is 18.8. The zero-order valence-electron chi connectivity index (χ0n) is 14.8. The number of para-hydroxylation sites is 1. The van der Waals surface area contributed by atoms with Crippen LogP contribution in [0.4, 0.5) is 5.69 Å². The van der Waals surface area contributed by atoms with Gasteiger partial charge in [0.2, 0.25) is 6.79 Å². The largest absolute Gasteiger partial charge is 0.454 e. The molecule has 2 aromatic rings. The third-order valence-electron chi connectivity index (χ3n) is 4.48. The molecule has 0 radical (unpaired) electrons. The fourth-order valence-electron chi connectivity index (χ4n) is 3.06. The number of amides is 1. The molecule has 0 aromatic heterocycles. The fraction of sp³-hybridized carbons (Fsp3) is 0.300. The summed E-state index contributed by atoms with van der Waals surface area (Å²) in [5.74, 6) is 0.303. The number of thioether (sulfide) groups is 1. The maximum Gasteiger partial charge on any atom is 0.338 e. The molecule has 1 atom stereocenters. The summed E-state index contributed by atoms with van der Waals surface area (Å²) in [4.78, 5) is 27.8. The number of anilines is 1. The van der Waals surface area contributed by atoms with Crippen LogP contribution < -0.4 is 14.4 Å². The Kier molecular flexibility index (Phi) is 4.94. The van der Waals surface area contributed by atoms with Gasteiger partial charge in [-0.05, 0) is 36.8 Å². The Morgan fingerprint density at radius 1 is 1.19 bits per heavy atom. The SMILES string of the molecule is CC1CCN(C(=O)COC(=O)c2ccc3c(c2)OCO3)c2ccccc2S1. The molecule has 2 aromatic carbocycles. The summed E-state index contributed by atoms with van der Waals surface area (Å²) in [6, 6.07) is 12.6. The molecule has 0 aliphatic carbocycles.